The number of halogens is 1. The number of aldehydes is 1. The Bertz CT molecular complexity index is 468. The lowest BCUT2D eigenvalue weighted by Gasteiger charge is -2.08. The number of hydrogen-bond acceptors (Lipinski definition) is 4. The molecule has 84 valence electrons. The van der Waals surface area contributed by atoms with Gasteiger partial charge in [0.05, 0.1) is 5.56 Å². The third-order valence-corrected chi connectivity index (χ3v) is 2.98. The van der Waals surface area contributed by atoms with E-state index in [1.165, 1.54) is 6.92 Å². The summed E-state index contributed by atoms with van der Waals surface area (Å²) in [6.45, 7) is 1.58. The van der Waals surface area contributed by atoms with Crippen molar-refractivity contribution in [2.45, 2.75) is 13.3 Å². The predicted molar refractivity (Wildman–Crippen MR) is 60.0 cm³/mol. The molecular formula is C11H9BrO4. The number of benzene rings is 1. The summed E-state index contributed by atoms with van der Waals surface area (Å²) < 4.78 is 11.2. The lowest BCUT2D eigenvalue weighted by atomic mass is 10.0. The van der Waals surface area contributed by atoms with Crippen LogP contribution in [0.3, 0.4) is 0 Å². The van der Waals surface area contributed by atoms with E-state index in [1.54, 1.807) is 6.07 Å². The van der Waals surface area contributed by atoms with Crippen LogP contribution in [0.1, 0.15) is 22.8 Å². The predicted octanol–water partition coefficient (Wildman–Crippen LogP) is 2.12. The summed E-state index contributed by atoms with van der Waals surface area (Å²) in [5.74, 6) is 0.943. The van der Waals surface area contributed by atoms with Crippen molar-refractivity contribution in [2.75, 3.05) is 6.79 Å². The minimum Gasteiger partial charge on any atom is -0.453 e. The highest BCUT2D eigenvalue weighted by molar-refractivity contribution is 9.10. The molecule has 0 saturated carbocycles. The molecule has 0 atom stereocenters. The maximum Gasteiger partial charge on any atom is 0.231 e. The number of ether oxygens (including phenoxy) is 2. The molecular weight excluding hydrogens is 276 g/mol. The molecule has 1 heterocycles. The van der Waals surface area contributed by atoms with E-state index in [0.29, 0.717) is 27.8 Å². The number of ketones is 1. The number of carbonyl (C=O) groups is 2. The zero-order valence-electron chi connectivity index (χ0n) is 8.58. The summed E-state index contributed by atoms with van der Waals surface area (Å²) in [4.78, 5) is 22.0. The standard InChI is InChI=1S/C11H9BrO4/c1-6(14)2-8-9(12)3-7(4-13)10-11(8)16-5-15-10/h3-4H,2,5H2,1H3. The molecule has 0 fully saturated rings. The van der Waals surface area contributed by atoms with Gasteiger partial charge in [-0.25, -0.2) is 0 Å². The van der Waals surface area contributed by atoms with Crippen molar-refractivity contribution in [3.05, 3.63) is 21.7 Å². The number of hydrogen-bond donors (Lipinski definition) is 0. The van der Waals surface area contributed by atoms with Gasteiger partial charge in [0.15, 0.2) is 17.8 Å². The third-order valence-electron chi connectivity index (χ3n) is 2.27. The van der Waals surface area contributed by atoms with Gasteiger partial charge in [-0.2, -0.15) is 0 Å². The number of carbonyl (C=O) groups excluding carboxylic acids is 2. The molecule has 1 aromatic carbocycles. The minimum absolute atomic E-state index is 0.0252. The molecule has 0 bridgehead atoms. The average Bonchev–Trinajstić information content (AvgIpc) is 2.70. The molecule has 0 unspecified atom stereocenters. The van der Waals surface area contributed by atoms with Gasteiger partial charge in [0, 0.05) is 16.5 Å². The van der Waals surface area contributed by atoms with Crippen LogP contribution in [0.15, 0.2) is 10.5 Å². The first-order chi connectivity index (χ1) is 7.63. The number of Topliss-reactive ketones (excluding diaryl/α,β-unsaturated/α-hetero) is 1. The lowest BCUT2D eigenvalue weighted by molar-refractivity contribution is -0.116. The molecule has 0 aromatic heterocycles. The second-order valence-electron chi connectivity index (χ2n) is 3.49. The van der Waals surface area contributed by atoms with Crippen LogP contribution in [-0.2, 0) is 11.2 Å². The van der Waals surface area contributed by atoms with Gasteiger partial charge in [-0.1, -0.05) is 15.9 Å². The molecule has 16 heavy (non-hydrogen) atoms. The SMILES string of the molecule is CC(=O)Cc1c(Br)cc(C=O)c2c1OCO2. The summed E-state index contributed by atoms with van der Waals surface area (Å²) in [5, 5.41) is 0. The van der Waals surface area contributed by atoms with Gasteiger partial charge in [-0.15, -0.1) is 0 Å². The summed E-state index contributed by atoms with van der Waals surface area (Å²) in [6, 6.07) is 1.64. The molecule has 1 aliphatic heterocycles. The Morgan fingerprint density at radius 3 is 2.81 bits per heavy atom. The first kappa shape index (κ1) is 11.1. The molecule has 0 saturated heterocycles. The zero-order chi connectivity index (χ0) is 11.7. The van der Waals surface area contributed by atoms with Gasteiger partial charge in [0.25, 0.3) is 0 Å². The first-order valence-corrected chi connectivity index (χ1v) is 5.48. The fourth-order valence-electron chi connectivity index (χ4n) is 1.62. The minimum atomic E-state index is 0.0252. The highest BCUT2D eigenvalue weighted by atomic mass is 79.9. The van der Waals surface area contributed by atoms with Crippen molar-refractivity contribution in [3.8, 4) is 11.5 Å². The Labute approximate surface area is 101 Å². The molecule has 1 aliphatic rings. The largest absolute Gasteiger partial charge is 0.453 e. The molecule has 4 nitrogen and oxygen atoms in total. The van der Waals surface area contributed by atoms with Crippen LogP contribution in [0, 0.1) is 0 Å². The van der Waals surface area contributed by atoms with E-state index in [4.69, 9.17) is 9.47 Å². The molecule has 1 aromatic rings. The number of rotatable bonds is 3. The molecule has 0 amide bonds. The van der Waals surface area contributed by atoms with Crippen LogP contribution in [-0.4, -0.2) is 18.9 Å². The Hall–Kier alpha value is -1.36. The van der Waals surface area contributed by atoms with Gasteiger partial charge in [0.2, 0.25) is 6.79 Å². The van der Waals surface area contributed by atoms with Gasteiger partial charge in [0.1, 0.15) is 5.78 Å². The fraction of sp³-hybridized carbons (Fsp3) is 0.273. The maximum atomic E-state index is 11.1. The van der Waals surface area contributed by atoms with Crippen molar-refractivity contribution in [2.24, 2.45) is 0 Å². The lowest BCUT2D eigenvalue weighted by Crippen LogP contribution is -2.00. The van der Waals surface area contributed by atoms with E-state index >= 15 is 0 Å². The summed E-state index contributed by atoms with van der Waals surface area (Å²) in [5.41, 5.74) is 1.15. The molecule has 0 aliphatic carbocycles. The van der Waals surface area contributed by atoms with Crippen molar-refractivity contribution in [1.29, 1.82) is 0 Å². The second-order valence-corrected chi connectivity index (χ2v) is 4.34. The fourth-order valence-corrected chi connectivity index (χ4v) is 2.18. The summed E-state index contributed by atoms with van der Waals surface area (Å²) in [6.07, 6.45) is 0.960. The average molecular weight is 285 g/mol. The van der Waals surface area contributed by atoms with E-state index in [9.17, 15) is 9.59 Å². The Morgan fingerprint density at radius 1 is 1.50 bits per heavy atom. The normalized spacial score (nSPS) is 12.6. The van der Waals surface area contributed by atoms with Gasteiger partial charge >= 0.3 is 0 Å². The van der Waals surface area contributed by atoms with Gasteiger partial charge in [-0.05, 0) is 13.0 Å². The van der Waals surface area contributed by atoms with Gasteiger partial charge < -0.3 is 9.47 Å². The topological polar surface area (TPSA) is 52.6 Å². The highest BCUT2D eigenvalue weighted by Crippen LogP contribution is 2.42. The van der Waals surface area contributed by atoms with Crippen LogP contribution in [0.4, 0.5) is 0 Å². The van der Waals surface area contributed by atoms with Crippen LogP contribution >= 0.6 is 15.9 Å². The monoisotopic (exact) mass is 284 g/mol. The van der Waals surface area contributed by atoms with E-state index in [2.05, 4.69) is 15.9 Å². The Balaban J connectivity index is 2.57. The van der Waals surface area contributed by atoms with Crippen molar-refractivity contribution < 1.29 is 19.1 Å². The van der Waals surface area contributed by atoms with E-state index in [-0.39, 0.29) is 19.0 Å². The number of fused-ring (bicyclic) bond motifs is 1. The molecule has 0 N–H and O–H groups in total. The summed E-state index contributed by atoms with van der Waals surface area (Å²) in [7, 11) is 0. The highest BCUT2D eigenvalue weighted by Gasteiger charge is 2.24. The van der Waals surface area contributed by atoms with Crippen molar-refractivity contribution in [1.82, 2.24) is 0 Å². The third kappa shape index (κ3) is 1.82. The van der Waals surface area contributed by atoms with Crippen LogP contribution < -0.4 is 9.47 Å². The van der Waals surface area contributed by atoms with Crippen LogP contribution in [0.25, 0.3) is 0 Å². The summed E-state index contributed by atoms with van der Waals surface area (Å²) >= 11 is 3.32. The van der Waals surface area contributed by atoms with E-state index < -0.39 is 0 Å². The molecule has 0 spiro atoms. The van der Waals surface area contributed by atoms with Gasteiger partial charge in [-0.3, -0.25) is 9.59 Å². The first-order valence-electron chi connectivity index (χ1n) is 4.69. The second kappa shape index (κ2) is 4.25. The molecule has 0 radical (unpaired) electrons. The maximum absolute atomic E-state index is 11.1. The van der Waals surface area contributed by atoms with Crippen LogP contribution in [0.2, 0.25) is 0 Å². The van der Waals surface area contributed by atoms with E-state index in [1.807, 2.05) is 0 Å². The Kier molecular flexibility index (Phi) is 2.96. The smallest absolute Gasteiger partial charge is 0.231 e. The van der Waals surface area contributed by atoms with Crippen molar-refractivity contribution >= 4 is 28.0 Å². The molecule has 2 rings (SSSR count). The van der Waals surface area contributed by atoms with Crippen LogP contribution in [0.5, 0.6) is 11.5 Å². The zero-order valence-corrected chi connectivity index (χ0v) is 10.2. The molecule has 5 heteroatoms. The van der Waals surface area contributed by atoms with E-state index in [0.717, 1.165) is 5.56 Å². The van der Waals surface area contributed by atoms with Crippen molar-refractivity contribution in [3.63, 3.8) is 0 Å². The quantitative estimate of drug-likeness (QED) is 0.798. The Morgan fingerprint density at radius 2 is 2.19 bits per heavy atom.